The maximum atomic E-state index is 12.2. The number of amides is 1. The Labute approximate surface area is 151 Å². The van der Waals surface area contributed by atoms with Gasteiger partial charge < -0.3 is 19.9 Å². The molecular formula is C20H21NO5. The van der Waals surface area contributed by atoms with Crippen LogP contribution in [0.4, 0.5) is 4.79 Å². The van der Waals surface area contributed by atoms with Crippen LogP contribution < -0.4 is 10.1 Å². The summed E-state index contributed by atoms with van der Waals surface area (Å²) in [5, 5.41) is 12.4. The topological polar surface area (TPSA) is 84.9 Å². The molecule has 136 valence electrons. The Morgan fingerprint density at radius 3 is 2.62 bits per heavy atom. The second-order valence-corrected chi connectivity index (χ2v) is 6.39. The van der Waals surface area contributed by atoms with Gasteiger partial charge in [0.1, 0.15) is 17.9 Å². The number of alkyl carbamates (subject to hydrolysis) is 1. The predicted molar refractivity (Wildman–Crippen MR) is 95.1 cm³/mol. The van der Waals surface area contributed by atoms with Crippen LogP contribution in [-0.2, 0) is 29.0 Å². The molecule has 0 saturated carbocycles. The standard InChI is InChI=1S/C20H21NO5/c1-25-17-8-7-15-9-10-20(18(22)23,12-16(15)11-17)21-19(24)26-13-14-5-3-2-4-6-14/h2-8,11H,9-10,12-13H2,1H3,(H,21,24)(H,22,23). The monoisotopic (exact) mass is 355 g/mol. The van der Waals surface area contributed by atoms with Crippen molar-refractivity contribution in [1.29, 1.82) is 0 Å². The summed E-state index contributed by atoms with van der Waals surface area (Å²) in [6.45, 7) is 0.0901. The fraction of sp³-hybridized carbons (Fsp3) is 0.300. The Morgan fingerprint density at radius 1 is 1.15 bits per heavy atom. The summed E-state index contributed by atoms with van der Waals surface area (Å²) in [5.74, 6) is -0.403. The first-order chi connectivity index (χ1) is 12.5. The van der Waals surface area contributed by atoms with Crippen molar-refractivity contribution in [3.63, 3.8) is 0 Å². The molecule has 0 aromatic heterocycles. The number of benzene rings is 2. The van der Waals surface area contributed by atoms with Crippen LogP contribution in [0.2, 0.25) is 0 Å². The number of ether oxygens (including phenoxy) is 2. The number of nitrogens with one attached hydrogen (secondary N) is 1. The van der Waals surface area contributed by atoms with Gasteiger partial charge in [-0.2, -0.15) is 0 Å². The average molecular weight is 355 g/mol. The average Bonchev–Trinajstić information content (AvgIpc) is 2.66. The number of rotatable bonds is 5. The highest BCUT2D eigenvalue weighted by atomic mass is 16.5. The first-order valence-corrected chi connectivity index (χ1v) is 8.40. The summed E-state index contributed by atoms with van der Waals surface area (Å²) in [7, 11) is 1.56. The van der Waals surface area contributed by atoms with Gasteiger partial charge >= 0.3 is 12.1 Å². The number of methoxy groups -OCH3 is 1. The molecule has 2 aromatic carbocycles. The minimum atomic E-state index is -1.38. The number of carboxylic acid groups (broad SMARTS) is 1. The fourth-order valence-corrected chi connectivity index (χ4v) is 3.20. The van der Waals surface area contributed by atoms with Crippen LogP contribution in [0.25, 0.3) is 0 Å². The van der Waals surface area contributed by atoms with Crippen LogP contribution in [0, 0.1) is 0 Å². The molecule has 0 saturated heterocycles. The molecule has 0 aliphatic heterocycles. The van der Waals surface area contributed by atoms with Crippen LogP contribution >= 0.6 is 0 Å². The summed E-state index contributed by atoms with van der Waals surface area (Å²) in [4.78, 5) is 24.2. The lowest BCUT2D eigenvalue weighted by molar-refractivity contribution is -0.145. The molecule has 1 atom stereocenters. The maximum absolute atomic E-state index is 12.2. The van der Waals surface area contributed by atoms with Crippen LogP contribution in [0.1, 0.15) is 23.1 Å². The van der Waals surface area contributed by atoms with Gasteiger partial charge in [0.2, 0.25) is 0 Å². The van der Waals surface area contributed by atoms with E-state index in [0.29, 0.717) is 18.6 Å². The number of aliphatic carboxylic acids is 1. The molecule has 0 bridgehead atoms. The summed E-state index contributed by atoms with van der Waals surface area (Å²) < 4.78 is 10.4. The quantitative estimate of drug-likeness (QED) is 0.861. The number of hydrogen-bond donors (Lipinski definition) is 2. The van der Waals surface area contributed by atoms with E-state index in [1.165, 1.54) is 0 Å². The van der Waals surface area contributed by atoms with Crippen molar-refractivity contribution in [3.05, 3.63) is 65.2 Å². The van der Waals surface area contributed by atoms with Gasteiger partial charge in [0.05, 0.1) is 7.11 Å². The number of fused-ring (bicyclic) bond motifs is 1. The molecule has 1 aliphatic carbocycles. The molecule has 2 aromatic rings. The second kappa shape index (κ2) is 7.47. The van der Waals surface area contributed by atoms with E-state index in [1.807, 2.05) is 48.5 Å². The number of carbonyl (C=O) groups is 2. The zero-order valence-corrected chi connectivity index (χ0v) is 14.5. The van der Waals surface area contributed by atoms with E-state index in [2.05, 4.69) is 5.32 Å². The fourth-order valence-electron chi connectivity index (χ4n) is 3.20. The van der Waals surface area contributed by atoms with E-state index in [9.17, 15) is 14.7 Å². The lowest BCUT2D eigenvalue weighted by Gasteiger charge is -2.35. The highest BCUT2D eigenvalue weighted by molar-refractivity contribution is 5.85. The molecule has 6 nitrogen and oxygen atoms in total. The van der Waals surface area contributed by atoms with Crippen LogP contribution in [-0.4, -0.2) is 29.8 Å². The predicted octanol–water partition coefficient (Wildman–Crippen LogP) is 2.93. The third-order valence-electron chi connectivity index (χ3n) is 4.69. The number of aryl methyl sites for hydroxylation is 1. The Hall–Kier alpha value is -3.02. The zero-order chi connectivity index (χ0) is 18.6. The smallest absolute Gasteiger partial charge is 0.408 e. The van der Waals surface area contributed by atoms with Crippen molar-refractivity contribution < 1.29 is 24.2 Å². The van der Waals surface area contributed by atoms with Gasteiger partial charge in [0, 0.05) is 6.42 Å². The molecule has 1 unspecified atom stereocenters. The van der Waals surface area contributed by atoms with Gasteiger partial charge in [-0.15, -0.1) is 0 Å². The Bertz CT molecular complexity index is 805. The molecule has 26 heavy (non-hydrogen) atoms. The Kier molecular flexibility index (Phi) is 5.11. The molecule has 2 N–H and O–H groups in total. The second-order valence-electron chi connectivity index (χ2n) is 6.39. The zero-order valence-electron chi connectivity index (χ0n) is 14.5. The minimum absolute atomic E-state index is 0.0901. The van der Waals surface area contributed by atoms with Crippen LogP contribution in [0.3, 0.4) is 0 Å². The van der Waals surface area contributed by atoms with E-state index in [1.54, 1.807) is 7.11 Å². The third-order valence-corrected chi connectivity index (χ3v) is 4.69. The highest BCUT2D eigenvalue weighted by Gasteiger charge is 2.43. The Balaban J connectivity index is 1.72. The van der Waals surface area contributed by atoms with Gasteiger partial charge in [-0.05, 0) is 41.7 Å². The first-order valence-electron chi connectivity index (χ1n) is 8.40. The molecule has 0 spiro atoms. The van der Waals surface area contributed by atoms with E-state index in [4.69, 9.17) is 9.47 Å². The molecule has 1 amide bonds. The van der Waals surface area contributed by atoms with Gasteiger partial charge in [-0.1, -0.05) is 36.4 Å². The van der Waals surface area contributed by atoms with Gasteiger partial charge in [0.25, 0.3) is 0 Å². The summed E-state index contributed by atoms with van der Waals surface area (Å²) >= 11 is 0. The minimum Gasteiger partial charge on any atom is -0.497 e. The Morgan fingerprint density at radius 2 is 1.92 bits per heavy atom. The number of carbonyl (C=O) groups excluding carboxylic acids is 1. The molecule has 0 radical (unpaired) electrons. The molecule has 0 heterocycles. The lowest BCUT2D eigenvalue weighted by atomic mass is 9.78. The molecule has 0 fully saturated rings. The van der Waals surface area contributed by atoms with Crippen molar-refractivity contribution in [1.82, 2.24) is 5.32 Å². The molecule has 1 aliphatic rings. The van der Waals surface area contributed by atoms with E-state index < -0.39 is 17.6 Å². The van der Waals surface area contributed by atoms with Crippen molar-refractivity contribution >= 4 is 12.1 Å². The van der Waals surface area contributed by atoms with Crippen LogP contribution in [0.15, 0.2) is 48.5 Å². The van der Waals surface area contributed by atoms with Crippen LogP contribution in [0.5, 0.6) is 5.75 Å². The van der Waals surface area contributed by atoms with Crippen molar-refractivity contribution in [3.8, 4) is 5.75 Å². The van der Waals surface area contributed by atoms with Crippen molar-refractivity contribution in [2.24, 2.45) is 0 Å². The normalized spacial score (nSPS) is 18.5. The third kappa shape index (κ3) is 3.79. The summed E-state index contributed by atoms with van der Waals surface area (Å²) in [6, 6.07) is 14.9. The van der Waals surface area contributed by atoms with E-state index in [-0.39, 0.29) is 13.0 Å². The molecular weight excluding hydrogens is 334 g/mol. The highest BCUT2D eigenvalue weighted by Crippen LogP contribution is 2.31. The van der Waals surface area contributed by atoms with E-state index in [0.717, 1.165) is 16.7 Å². The summed E-state index contributed by atoms with van der Waals surface area (Å²) in [6.07, 6.45) is 0.324. The summed E-state index contributed by atoms with van der Waals surface area (Å²) in [5.41, 5.74) is 1.39. The maximum Gasteiger partial charge on any atom is 0.408 e. The molecule has 3 rings (SSSR count). The lowest BCUT2D eigenvalue weighted by Crippen LogP contribution is -2.57. The van der Waals surface area contributed by atoms with Gasteiger partial charge in [0.15, 0.2) is 0 Å². The van der Waals surface area contributed by atoms with E-state index >= 15 is 0 Å². The largest absolute Gasteiger partial charge is 0.497 e. The number of hydrogen-bond acceptors (Lipinski definition) is 4. The van der Waals surface area contributed by atoms with Gasteiger partial charge in [-0.25, -0.2) is 9.59 Å². The first kappa shape index (κ1) is 17.8. The van der Waals surface area contributed by atoms with Gasteiger partial charge in [-0.3, -0.25) is 0 Å². The van der Waals surface area contributed by atoms with Crippen molar-refractivity contribution in [2.75, 3.05) is 7.11 Å². The number of carboxylic acids is 1. The SMILES string of the molecule is COc1ccc2c(c1)CC(NC(=O)OCc1ccccc1)(C(=O)O)CC2. The van der Waals surface area contributed by atoms with Crippen molar-refractivity contribution in [2.45, 2.75) is 31.4 Å². The molecule has 6 heteroatoms.